The maximum Gasteiger partial charge on any atom is 0.332 e. The van der Waals surface area contributed by atoms with E-state index in [1.807, 2.05) is 13.8 Å². The highest BCUT2D eigenvalue weighted by molar-refractivity contribution is 6.25. The number of anilines is 1. The minimum absolute atomic E-state index is 0.0355. The Kier molecular flexibility index (Phi) is 4.14. The number of piperazine rings is 1. The van der Waals surface area contributed by atoms with Crippen molar-refractivity contribution in [3.05, 3.63) is 46.5 Å². The SMILES string of the molecule is CC(C)NC(=O)N1CC2CC1C1C(=O)N(c3ccc([N+](=O)[O-])c4ccccc34)C(=O)N21. The first-order chi connectivity index (χ1) is 14.8. The number of hydrogen-bond donors (Lipinski definition) is 1. The van der Waals surface area contributed by atoms with Gasteiger partial charge in [0.05, 0.1) is 28.1 Å². The van der Waals surface area contributed by atoms with Gasteiger partial charge in [-0.25, -0.2) is 14.5 Å². The lowest BCUT2D eigenvalue weighted by molar-refractivity contribution is -0.383. The van der Waals surface area contributed by atoms with Crippen LogP contribution in [0.5, 0.6) is 0 Å². The Labute approximate surface area is 177 Å². The molecule has 2 bridgehead atoms. The number of rotatable bonds is 3. The van der Waals surface area contributed by atoms with Crippen LogP contribution < -0.4 is 10.2 Å². The molecule has 3 fully saturated rings. The number of hydrogen-bond acceptors (Lipinski definition) is 5. The molecule has 0 saturated carbocycles. The van der Waals surface area contributed by atoms with Crippen LogP contribution in [0.3, 0.4) is 0 Å². The van der Waals surface area contributed by atoms with Crippen LogP contribution in [0.1, 0.15) is 20.3 Å². The third kappa shape index (κ3) is 2.67. The number of carbonyl (C=O) groups is 3. The Balaban J connectivity index is 1.53. The molecular formula is C21H21N5O5. The number of imide groups is 1. The molecule has 1 N–H and O–H groups in total. The number of amides is 5. The average Bonchev–Trinajstić information content (AvgIpc) is 3.38. The average molecular weight is 423 g/mol. The predicted molar refractivity (Wildman–Crippen MR) is 112 cm³/mol. The fourth-order valence-corrected chi connectivity index (χ4v) is 5.06. The molecule has 2 aromatic carbocycles. The van der Waals surface area contributed by atoms with Crippen molar-refractivity contribution in [2.24, 2.45) is 0 Å². The number of likely N-dealkylation sites (tertiary alicyclic amines) is 1. The molecule has 3 heterocycles. The van der Waals surface area contributed by atoms with Crippen LogP contribution >= 0.6 is 0 Å². The number of urea groups is 2. The molecule has 0 radical (unpaired) electrons. The number of benzene rings is 2. The van der Waals surface area contributed by atoms with E-state index < -0.39 is 22.9 Å². The number of carbonyl (C=O) groups excluding carboxylic acids is 3. The molecule has 160 valence electrons. The van der Waals surface area contributed by atoms with Gasteiger partial charge in [0, 0.05) is 24.0 Å². The Bertz CT molecular complexity index is 1150. The number of fused-ring (bicyclic) bond motifs is 6. The molecule has 0 spiro atoms. The zero-order chi connectivity index (χ0) is 22.0. The maximum atomic E-state index is 13.4. The van der Waals surface area contributed by atoms with Crippen molar-refractivity contribution in [2.45, 2.75) is 44.4 Å². The fraction of sp³-hybridized carbons (Fsp3) is 0.381. The van der Waals surface area contributed by atoms with Crippen LogP contribution in [-0.2, 0) is 4.79 Å². The summed E-state index contributed by atoms with van der Waals surface area (Å²) in [5.74, 6) is -0.404. The van der Waals surface area contributed by atoms with Crippen LogP contribution in [0.2, 0.25) is 0 Å². The van der Waals surface area contributed by atoms with Crippen molar-refractivity contribution < 1.29 is 19.3 Å². The first-order valence-electron chi connectivity index (χ1n) is 10.2. The highest BCUT2D eigenvalue weighted by atomic mass is 16.6. The standard InChI is InChI=1S/C21H21N5O5/c1-11(2)22-20(28)23-10-12-9-17(23)18-19(27)25(21(29)24(12)18)15-7-8-16(26(30)31)14-6-4-3-5-13(14)15/h3-8,11-12,17-18H,9-10H2,1-2H3,(H,22,28). The summed E-state index contributed by atoms with van der Waals surface area (Å²) >= 11 is 0. The van der Waals surface area contributed by atoms with E-state index in [4.69, 9.17) is 0 Å². The van der Waals surface area contributed by atoms with E-state index in [9.17, 15) is 24.5 Å². The highest BCUT2D eigenvalue weighted by Gasteiger charge is 2.63. The Morgan fingerprint density at radius 3 is 2.55 bits per heavy atom. The van der Waals surface area contributed by atoms with Gasteiger partial charge in [-0.2, -0.15) is 0 Å². The van der Waals surface area contributed by atoms with Crippen molar-refractivity contribution in [3.63, 3.8) is 0 Å². The van der Waals surface area contributed by atoms with Crippen molar-refractivity contribution in [1.82, 2.24) is 15.1 Å². The van der Waals surface area contributed by atoms with E-state index in [0.29, 0.717) is 29.4 Å². The summed E-state index contributed by atoms with van der Waals surface area (Å²) in [6.07, 6.45) is 0.572. The highest BCUT2D eigenvalue weighted by Crippen LogP contribution is 2.44. The largest absolute Gasteiger partial charge is 0.336 e. The maximum absolute atomic E-state index is 13.4. The molecule has 10 nitrogen and oxygen atoms in total. The number of nitro benzene ring substituents is 1. The number of nitro groups is 1. The fourth-order valence-electron chi connectivity index (χ4n) is 5.06. The monoisotopic (exact) mass is 423 g/mol. The zero-order valence-corrected chi connectivity index (χ0v) is 17.0. The van der Waals surface area contributed by atoms with E-state index in [1.165, 1.54) is 12.1 Å². The second-order valence-electron chi connectivity index (χ2n) is 8.43. The second-order valence-corrected chi connectivity index (χ2v) is 8.43. The second kappa shape index (κ2) is 6.66. The van der Waals surface area contributed by atoms with E-state index in [0.717, 1.165) is 4.90 Å². The lowest BCUT2D eigenvalue weighted by atomic mass is 10.0. The van der Waals surface area contributed by atoms with Crippen molar-refractivity contribution >= 4 is 40.1 Å². The molecule has 31 heavy (non-hydrogen) atoms. The van der Waals surface area contributed by atoms with E-state index in [1.54, 1.807) is 34.1 Å². The lowest BCUT2D eigenvalue weighted by Gasteiger charge is -2.35. The molecule has 3 aliphatic heterocycles. The third-order valence-corrected chi connectivity index (χ3v) is 6.25. The van der Waals surface area contributed by atoms with Gasteiger partial charge in [0.2, 0.25) is 0 Å². The molecule has 3 aliphatic rings. The molecular weight excluding hydrogens is 402 g/mol. The molecule has 5 amide bonds. The molecule has 10 heteroatoms. The Hall–Kier alpha value is -3.69. The number of nitrogens with zero attached hydrogens (tertiary/aromatic N) is 4. The summed E-state index contributed by atoms with van der Waals surface area (Å²) in [4.78, 5) is 54.5. The van der Waals surface area contributed by atoms with Crippen LogP contribution in [0.4, 0.5) is 21.0 Å². The van der Waals surface area contributed by atoms with Gasteiger partial charge in [-0.15, -0.1) is 0 Å². The van der Waals surface area contributed by atoms with Gasteiger partial charge in [0.1, 0.15) is 6.04 Å². The minimum Gasteiger partial charge on any atom is -0.336 e. The van der Waals surface area contributed by atoms with E-state index in [2.05, 4.69) is 5.32 Å². The van der Waals surface area contributed by atoms with Gasteiger partial charge in [-0.1, -0.05) is 18.2 Å². The van der Waals surface area contributed by atoms with Gasteiger partial charge in [0.25, 0.3) is 11.6 Å². The molecule has 2 aromatic rings. The molecule has 0 aromatic heterocycles. The van der Waals surface area contributed by atoms with Crippen LogP contribution in [0, 0.1) is 10.1 Å². The molecule has 3 unspecified atom stereocenters. The Morgan fingerprint density at radius 2 is 1.87 bits per heavy atom. The van der Waals surface area contributed by atoms with Gasteiger partial charge in [0.15, 0.2) is 0 Å². The number of nitrogens with one attached hydrogen (secondary N) is 1. The van der Waals surface area contributed by atoms with E-state index >= 15 is 0 Å². The first-order valence-corrected chi connectivity index (χ1v) is 10.2. The summed E-state index contributed by atoms with van der Waals surface area (Å²) in [6.45, 7) is 4.11. The van der Waals surface area contributed by atoms with Crippen LogP contribution in [0.25, 0.3) is 10.8 Å². The summed E-state index contributed by atoms with van der Waals surface area (Å²) in [6, 6.07) is 7.37. The Morgan fingerprint density at radius 1 is 1.16 bits per heavy atom. The normalized spacial score (nSPS) is 24.5. The third-order valence-electron chi connectivity index (χ3n) is 6.25. The van der Waals surface area contributed by atoms with Gasteiger partial charge in [-0.3, -0.25) is 14.9 Å². The summed E-state index contributed by atoms with van der Waals surface area (Å²) in [7, 11) is 0. The molecule has 3 saturated heterocycles. The van der Waals surface area contributed by atoms with Crippen molar-refractivity contribution in [3.8, 4) is 0 Å². The van der Waals surface area contributed by atoms with Crippen molar-refractivity contribution in [2.75, 3.05) is 11.4 Å². The molecule has 0 aliphatic carbocycles. The molecule has 3 atom stereocenters. The molecule has 5 rings (SSSR count). The predicted octanol–water partition coefficient (Wildman–Crippen LogP) is 2.46. The first kappa shape index (κ1) is 19.3. The summed E-state index contributed by atoms with van der Waals surface area (Å²) in [5, 5.41) is 15.1. The smallest absolute Gasteiger partial charge is 0.332 e. The lowest BCUT2D eigenvalue weighted by Crippen LogP contribution is -2.57. The van der Waals surface area contributed by atoms with Gasteiger partial charge >= 0.3 is 12.1 Å². The van der Waals surface area contributed by atoms with Crippen LogP contribution in [0.15, 0.2) is 36.4 Å². The number of non-ortho nitro benzene ring substituents is 1. The summed E-state index contributed by atoms with van der Waals surface area (Å²) in [5.41, 5.74) is 0.235. The summed E-state index contributed by atoms with van der Waals surface area (Å²) < 4.78 is 0. The van der Waals surface area contributed by atoms with Gasteiger partial charge in [-0.05, 0) is 32.4 Å². The zero-order valence-electron chi connectivity index (χ0n) is 17.0. The minimum atomic E-state index is -0.738. The topological polar surface area (TPSA) is 116 Å². The van der Waals surface area contributed by atoms with Crippen LogP contribution in [-0.4, -0.2) is 63.4 Å². The quantitative estimate of drug-likeness (QED) is 0.462. The van der Waals surface area contributed by atoms with Gasteiger partial charge < -0.3 is 15.1 Å². The van der Waals surface area contributed by atoms with E-state index in [-0.39, 0.29) is 29.8 Å². The van der Waals surface area contributed by atoms with Crippen molar-refractivity contribution in [1.29, 1.82) is 0 Å².